The highest BCUT2D eigenvalue weighted by Crippen LogP contribution is 2.29. The summed E-state index contributed by atoms with van der Waals surface area (Å²) >= 11 is 0. The fourth-order valence-electron chi connectivity index (χ4n) is 1.89. The van der Waals surface area contributed by atoms with Crippen molar-refractivity contribution in [3.8, 4) is 5.75 Å². The number of carbonyl (C=O) groups excluding carboxylic acids is 2. The molecule has 0 unspecified atom stereocenters. The number of Topliss-reactive ketones (excluding diaryl/α,β-unsaturated/α-hetero) is 1. The van der Waals surface area contributed by atoms with E-state index in [1.54, 1.807) is 6.92 Å². The summed E-state index contributed by atoms with van der Waals surface area (Å²) in [5.41, 5.74) is -0.383. The monoisotopic (exact) mass is 359 g/mol. The number of ketones is 1. The Morgan fingerprint density at radius 2 is 2.00 bits per heavy atom. The van der Waals surface area contributed by atoms with Gasteiger partial charge in [-0.05, 0) is 6.42 Å². The zero-order chi connectivity index (χ0) is 19.0. The van der Waals surface area contributed by atoms with Gasteiger partial charge >= 0.3 is 5.97 Å². The third kappa shape index (κ3) is 5.63. The molecule has 0 bridgehead atoms. The summed E-state index contributed by atoms with van der Waals surface area (Å²) in [4.78, 5) is 33.0. The Hall–Kier alpha value is -2.84. The number of rotatable bonds is 10. The van der Waals surface area contributed by atoms with E-state index in [4.69, 9.17) is 9.84 Å². The van der Waals surface area contributed by atoms with Gasteiger partial charge in [-0.3, -0.25) is 14.4 Å². The molecule has 0 heterocycles. The van der Waals surface area contributed by atoms with Crippen molar-refractivity contribution in [3.05, 3.63) is 35.2 Å². The molecule has 1 amide bonds. The number of carboxylic acid groups (broad SMARTS) is 1. The van der Waals surface area contributed by atoms with Gasteiger partial charge in [-0.25, -0.2) is 8.78 Å². The predicted octanol–water partition coefficient (Wildman–Crippen LogP) is 2.06. The molecule has 25 heavy (non-hydrogen) atoms. The third-order valence-corrected chi connectivity index (χ3v) is 3.08. The van der Waals surface area contributed by atoms with Crippen molar-refractivity contribution in [2.45, 2.75) is 25.8 Å². The Bertz CT molecular complexity index is 691. The lowest BCUT2D eigenvalue weighted by atomic mass is 10.1. The van der Waals surface area contributed by atoms with E-state index in [-0.39, 0.29) is 12.0 Å². The molecular formula is C16H16F3NO5. The van der Waals surface area contributed by atoms with E-state index in [1.807, 2.05) is 5.32 Å². The van der Waals surface area contributed by atoms with E-state index < -0.39 is 54.0 Å². The second-order valence-corrected chi connectivity index (χ2v) is 4.90. The molecule has 0 aliphatic heterocycles. The summed E-state index contributed by atoms with van der Waals surface area (Å²) in [6.45, 7) is 0.853. The molecule has 9 heteroatoms. The number of ether oxygens (including phenoxy) is 1. The van der Waals surface area contributed by atoms with Gasteiger partial charge in [0.15, 0.2) is 17.3 Å². The number of nitrogens with one attached hydrogen (secondary N) is 1. The molecule has 1 aromatic rings. The number of benzene rings is 1. The largest absolute Gasteiger partial charge is 0.482 e. The molecule has 0 radical (unpaired) electrons. The molecule has 0 spiro atoms. The zero-order valence-electron chi connectivity index (χ0n) is 13.2. The molecule has 0 fully saturated rings. The molecule has 1 rings (SSSR count). The highest BCUT2D eigenvalue weighted by Gasteiger charge is 2.24. The molecular weight excluding hydrogens is 343 g/mol. The lowest BCUT2D eigenvalue weighted by Crippen LogP contribution is -2.40. The maximum atomic E-state index is 13.9. The molecule has 2 N–H and O–H groups in total. The average molecular weight is 359 g/mol. The summed E-state index contributed by atoms with van der Waals surface area (Å²) in [5.74, 6) is -7.13. The number of allylic oxidation sites excluding steroid dienone is 1. The van der Waals surface area contributed by atoms with Crippen molar-refractivity contribution in [2.24, 2.45) is 0 Å². The maximum absolute atomic E-state index is 13.9. The van der Waals surface area contributed by atoms with Crippen molar-refractivity contribution >= 4 is 24.2 Å². The van der Waals surface area contributed by atoms with Crippen LogP contribution in [0.15, 0.2) is 12.1 Å². The highest BCUT2D eigenvalue weighted by molar-refractivity contribution is 5.90. The zero-order valence-corrected chi connectivity index (χ0v) is 13.2. The van der Waals surface area contributed by atoms with Crippen LogP contribution >= 0.6 is 0 Å². The fourth-order valence-corrected chi connectivity index (χ4v) is 1.89. The van der Waals surface area contributed by atoms with Crippen LogP contribution in [0.5, 0.6) is 5.75 Å². The second kappa shape index (κ2) is 9.45. The van der Waals surface area contributed by atoms with Crippen LogP contribution in [-0.2, 0) is 14.4 Å². The van der Waals surface area contributed by atoms with Crippen LogP contribution in [0.3, 0.4) is 0 Å². The van der Waals surface area contributed by atoms with Gasteiger partial charge in [0.2, 0.25) is 12.2 Å². The van der Waals surface area contributed by atoms with Crippen LogP contribution in [-0.4, -0.2) is 35.9 Å². The van der Waals surface area contributed by atoms with Crippen molar-refractivity contribution in [2.75, 3.05) is 6.61 Å². The van der Waals surface area contributed by atoms with Gasteiger partial charge in [-0.15, -0.1) is 0 Å². The first-order valence-corrected chi connectivity index (χ1v) is 7.22. The van der Waals surface area contributed by atoms with Gasteiger partial charge in [-0.2, -0.15) is 4.39 Å². The van der Waals surface area contributed by atoms with Gasteiger partial charge in [0.1, 0.15) is 18.5 Å². The molecule has 1 aromatic carbocycles. The van der Waals surface area contributed by atoms with Crippen molar-refractivity contribution in [1.82, 2.24) is 5.32 Å². The minimum Gasteiger partial charge on any atom is -0.482 e. The summed E-state index contributed by atoms with van der Waals surface area (Å²) in [5, 5.41) is 10.7. The SMILES string of the molecule is CC/C=C/c1c(F)cc(F)c(F)c1OCC(=O)[C@H](CC(=O)O)NC=O. The van der Waals surface area contributed by atoms with E-state index in [0.717, 1.165) is 0 Å². The predicted molar refractivity (Wildman–Crippen MR) is 81.4 cm³/mol. The second-order valence-electron chi connectivity index (χ2n) is 4.90. The summed E-state index contributed by atoms with van der Waals surface area (Å²) in [6.07, 6.45) is 2.55. The van der Waals surface area contributed by atoms with Gasteiger partial charge in [0, 0.05) is 6.07 Å². The minimum absolute atomic E-state index is 0.128. The van der Waals surface area contributed by atoms with Crippen molar-refractivity contribution in [3.63, 3.8) is 0 Å². The van der Waals surface area contributed by atoms with Crippen LogP contribution in [0.4, 0.5) is 13.2 Å². The Labute approximate surface area is 141 Å². The highest BCUT2D eigenvalue weighted by atomic mass is 19.2. The molecule has 0 aromatic heterocycles. The topological polar surface area (TPSA) is 92.7 Å². The number of hydrogen-bond acceptors (Lipinski definition) is 4. The van der Waals surface area contributed by atoms with Gasteiger partial charge in [-0.1, -0.05) is 19.1 Å². The van der Waals surface area contributed by atoms with Crippen LogP contribution in [0.1, 0.15) is 25.3 Å². The summed E-state index contributed by atoms with van der Waals surface area (Å²) < 4.78 is 46.0. The lowest BCUT2D eigenvalue weighted by molar-refractivity contribution is -0.140. The number of carboxylic acids is 1. The Morgan fingerprint density at radius 1 is 1.32 bits per heavy atom. The number of amides is 1. The van der Waals surface area contributed by atoms with Gasteiger partial charge in [0.25, 0.3) is 0 Å². The molecule has 0 saturated carbocycles. The number of halogens is 3. The molecule has 0 saturated heterocycles. The van der Waals surface area contributed by atoms with E-state index >= 15 is 0 Å². The Kier molecular flexibility index (Phi) is 7.64. The smallest absolute Gasteiger partial charge is 0.305 e. The van der Waals surface area contributed by atoms with Gasteiger partial charge in [0.05, 0.1) is 12.0 Å². The average Bonchev–Trinajstić information content (AvgIpc) is 2.54. The van der Waals surface area contributed by atoms with E-state index in [1.165, 1.54) is 12.2 Å². The van der Waals surface area contributed by atoms with Crippen molar-refractivity contribution < 1.29 is 37.4 Å². The molecule has 0 aliphatic carbocycles. The van der Waals surface area contributed by atoms with E-state index in [9.17, 15) is 27.6 Å². The first-order chi connectivity index (χ1) is 11.8. The maximum Gasteiger partial charge on any atom is 0.305 e. The molecule has 0 aliphatic rings. The standard InChI is InChI=1S/C16H16F3NO5/c1-2-3-4-9-10(17)5-11(18)15(19)16(9)25-7-13(22)12(20-8-21)6-14(23)24/h3-5,8,12H,2,6-7H2,1H3,(H,20,21)(H,23,24)/b4-3+/t12-/m0/s1. The fraction of sp³-hybridized carbons (Fsp3) is 0.312. The van der Waals surface area contributed by atoms with Gasteiger partial charge < -0.3 is 15.2 Å². The molecule has 6 nitrogen and oxygen atoms in total. The first-order valence-electron chi connectivity index (χ1n) is 7.22. The minimum atomic E-state index is -1.50. The lowest BCUT2D eigenvalue weighted by Gasteiger charge is -2.15. The van der Waals surface area contributed by atoms with Crippen LogP contribution < -0.4 is 10.1 Å². The summed E-state index contributed by atoms with van der Waals surface area (Å²) in [6, 6.07) is -1.06. The molecule has 136 valence electrons. The first kappa shape index (κ1) is 20.2. The Morgan fingerprint density at radius 3 is 2.56 bits per heavy atom. The van der Waals surface area contributed by atoms with E-state index in [2.05, 4.69) is 0 Å². The number of carbonyl (C=O) groups is 3. The third-order valence-electron chi connectivity index (χ3n) is 3.08. The normalized spacial score (nSPS) is 12.0. The quantitative estimate of drug-likeness (QED) is 0.493. The van der Waals surface area contributed by atoms with Crippen molar-refractivity contribution in [1.29, 1.82) is 0 Å². The van der Waals surface area contributed by atoms with Crippen LogP contribution in [0, 0.1) is 17.5 Å². The number of aliphatic carboxylic acids is 1. The van der Waals surface area contributed by atoms with Crippen LogP contribution in [0.25, 0.3) is 6.08 Å². The Balaban J connectivity index is 3.05. The van der Waals surface area contributed by atoms with Crippen LogP contribution in [0.2, 0.25) is 0 Å². The molecule has 1 atom stereocenters. The van der Waals surface area contributed by atoms with E-state index in [0.29, 0.717) is 12.5 Å². The summed E-state index contributed by atoms with van der Waals surface area (Å²) in [7, 11) is 0. The number of hydrogen-bond donors (Lipinski definition) is 2.